The lowest BCUT2D eigenvalue weighted by atomic mass is 10.0. The summed E-state index contributed by atoms with van der Waals surface area (Å²) < 4.78 is 0. The van der Waals surface area contributed by atoms with Gasteiger partial charge in [0.05, 0.1) is 0 Å². The van der Waals surface area contributed by atoms with Gasteiger partial charge in [0, 0.05) is 31.2 Å². The standard InChI is InChI=1S/C13H28N2/c1-5-7-8-13(6-2)15-10-11(3)14-9-12(15)4/h11-14H,5-10H2,1-4H3. The van der Waals surface area contributed by atoms with Crippen LogP contribution in [0, 0.1) is 0 Å². The van der Waals surface area contributed by atoms with Crippen molar-refractivity contribution >= 4 is 0 Å². The van der Waals surface area contributed by atoms with Gasteiger partial charge in [-0.1, -0.05) is 26.7 Å². The van der Waals surface area contributed by atoms with Crippen molar-refractivity contribution in [1.29, 1.82) is 0 Å². The van der Waals surface area contributed by atoms with Crippen molar-refractivity contribution in [2.24, 2.45) is 0 Å². The Balaban J connectivity index is 2.48. The fourth-order valence-electron chi connectivity index (χ4n) is 2.60. The van der Waals surface area contributed by atoms with Gasteiger partial charge in [-0.05, 0) is 26.7 Å². The molecule has 1 saturated heterocycles. The van der Waals surface area contributed by atoms with Crippen molar-refractivity contribution in [3.8, 4) is 0 Å². The summed E-state index contributed by atoms with van der Waals surface area (Å²) >= 11 is 0. The fourth-order valence-corrected chi connectivity index (χ4v) is 2.60. The summed E-state index contributed by atoms with van der Waals surface area (Å²) in [6, 6.07) is 2.18. The number of piperazine rings is 1. The second-order valence-electron chi connectivity index (χ2n) is 5.06. The zero-order chi connectivity index (χ0) is 11.3. The molecule has 1 aliphatic rings. The summed E-state index contributed by atoms with van der Waals surface area (Å²) in [5, 5.41) is 3.56. The number of hydrogen-bond acceptors (Lipinski definition) is 2. The van der Waals surface area contributed by atoms with Gasteiger partial charge in [-0.15, -0.1) is 0 Å². The average Bonchev–Trinajstić information content (AvgIpc) is 2.24. The molecule has 0 bridgehead atoms. The second-order valence-corrected chi connectivity index (χ2v) is 5.06. The summed E-state index contributed by atoms with van der Waals surface area (Å²) in [4.78, 5) is 2.72. The van der Waals surface area contributed by atoms with E-state index in [-0.39, 0.29) is 0 Å². The SMILES string of the molecule is CCCCC(CC)N1CC(C)NCC1C. The van der Waals surface area contributed by atoms with Crippen molar-refractivity contribution in [2.75, 3.05) is 13.1 Å². The first-order valence-corrected chi connectivity index (χ1v) is 6.68. The Hall–Kier alpha value is -0.0800. The first-order valence-electron chi connectivity index (χ1n) is 6.68. The third-order valence-electron chi connectivity index (χ3n) is 3.64. The minimum absolute atomic E-state index is 0.664. The average molecular weight is 212 g/mol. The van der Waals surface area contributed by atoms with Crippen LogP contribution in [0.1, 0.15) is 53.4 Å². The summed E-state index contributed by atoms with van der Waals surface area (Å²) in [5.74, 6) is 0. The number of unbranched alkanes of at least 4 members (excludes halogenated alkanes) is 1. The molecule has 1 N–H and O–H groups in total. The van der Waals surface area contributed by atoms with Gasteiger partial charge in [-0.2, -0.15) is 0 Å². The smallest absolute Gasteiger partial charge is 0.0196 e. The predicted molar refractivity (Wildman–Crippen MR) is 67.2 cm³/mol. The Kier molecular flexibility index (Phi) is 5.62. The molecule has 0 spiro atoms. The third-order valence-corrected chi connectivity index (χ3v) is 3.64. The van der Waals surface area contributed by atoms with E-state index in [1.54, 1.807) is 0 Å². The van der Waals surface area contributed by atoms with Crippen LogP contribution < -0.4 is 5.32 Å². The van der Waals surface area contributed by atoms with E-state index in [4.69, 9.17) is 0 Å². The molecule has 0 aromatic heterocycles. The van der Waals surface area contributed by atoms with E-state index in [0.29, 0.717) is 12.1 Å². The molecule has 1 heterocycles. The number of nitrogens with zero attached hydrogens (tertiary/aromatic N) is 1. The molecule has 0 radical (unpaired) electrons. The highest BCUT2D eigenvalue weighted by Crippen LogP contribution is 2.18. The summed E-state index contributed by atoms with van der Waals surface area (Å²) in [5.41, 5.74) is 0. The van der Waals surface area contributed by atoms with Crippen LogP contribution in [-0.2, 0) is 0 Å². The van der Waals surface area contributed by atoms with Crippen LogP contribution in [0.25, 0.3) is 0 Å². The molecule has 2 nitrogen and oxygen atoms in total. The van der Waals surface area contributed by atoms with Gasteiger partial charge in [0.1, 0.15) is 0 Å². The van der Waals surface area contributed by atoms with E-state index in [9.17, 15) is 0 Å². The highest BCUT2D eigenvalue weighted by Gasteiger charge is 2.27. The van der Waals surface area contributed by atoms with Crippen LogP contribution in [0.2, 0.25) is 0 Å². The van der Waals surface area contributed by atoms with Gasteiger partial charge < -0.3 is 5.32 Å². The Morgan fingerprint density at radius 2 is 2.07 bits per heavy atom. The minimum atomic E-state index is 0.664. The molecule has 3 atom stereocenters. The van der Waals surface area contributed by atoms with Crippen molar-refractivity contribution in [1.82, 2.24) is 10.2 Å². The maximum Gasteiger partial charge on any atom is 0.0196 e. The van der Waals surface area contributed by atoms with E-state index in [0.717, 1.165) is 12.6 Å². The van der Waals surface area contributed by atoms with E-state index in [1.165, 1.54) is 32.2 Å². The molecule has 0 aromatic rings. The summed E-state index contributed by atoms with van der Waals surface area (Å²) in [6.45, 7) is 11.7. The van der Waals surface area contributed by atoms with Crippen LogP contribution >= 0.6 is 0 Å². The predicted octanol–water partition coefficient (Wildman–Crippen LogP) is 2.64. The second kappa shape index (κ2) is 6.49. The van der Waals surface area contributed by atoms with Gasteiger partial charge in [-0.25, -0.2) is 0 Å². The van der Waals surface area contributed by atoms with E-state index in [2.05, 4.69) is 37.9 Å². The molecule has 0 amide bonds. The minimum Gasteiger partial charge on any atom is -0.311 e. The van der Waals surface area contributed by atoms with Gasteiger partial charge in [0.15, 0.2) is 0 Å². The highest BCUT2D eigenvalue weighted by molar-refractivity contribution is 4.85. The first kappa shape index (κ1) is 13.0. The van der Waals surface area contributed by atoms with Crippen LogP contribution in [-0.4, -0.2) is 36.1 Å². The number of hydrogen-bond donors (Lipinski definition) is 1. The largest absolute Gasteiger partial charge is 0.311 e. The third kappa shape index (κ3) is 3.76. The molecule has 1 rings (SSSR count). The fraction of sp³-hybridized carbons (Fsp3) is 1.00. The molecule has 0 aromatic carbocycles. The normalized spacial score (nSPS) is 30.4. The Morgan fingerprint density at radius 1 is 1.33 bits per heavy atom. The van der Waals surface area contributed by atoms with Crippen molar-refractivity contribution in [3.05, 3.63) is 0 Å². The molecule has 1 aliphatic heterocycles. The maximum absolute atomic E-state index is 3.56. The highest BCUT2D eigenvalue weighted by atomic mass is 15.2. The Bertz CT molecular complexity index is 170. The quantitative estimate of drug-likeness (QED) is 0.753. The first-order chi connectivity index (χ1) is 7.19. The summed E-state index contributed by atoms with van der Waals surface area (Å²) in [6.07, 6.45) is 5.39. The number of rotatable bonds is 5. The van der Waals surface area contributed by atoms with Crippen LogP contribution in [0.4, 0.5) is 0 Å². The molecule has 1 fully saturated rings. The lowest BCUT2D eigenvalue weighted by Crippen LogP contribution is -2.57. The molecule has 3 unspecified atom stereocenters. The van der Waals surface area contributed by atoms with E-state index >= 15 is 0 Å². The van der Waals surface area contributed by atoms with Crippen molar-refractivity contribution < 1.29 is 0 Å². The summed E-state index contributed by atoms with van der Waals surface area (Å²) in [7, 11) is 0. The van der Waals surface area contributed by atoms with Crippen LogP contribution in [0.15, 0.2) is 0 Å². The Morgan fingerprint density at radius 3 is 2.67 bits per heavy atom. The van der Waals surface area contributed by atoms with E-state index in [1.807, 2.05) is 0 Å². The van der Waals surface area contributed by atoms with Gasteiger partial charge in [0.25, 0.3) is 0 Å². The molecular weight excluding hydrogens is 184 g/mol. The molecule has 0 aliphatic carbocycles. The zero-order valence-electron chi connectivity index (χ0n) is 10.9. The van der Waals surface area contributed by atoms with Gasteiger partial charge in [0.2, 0.25) is 0 Å². The lowest BCUT2D eigenvalue weighted by molar-refractivity contribution is 0.0862. The Labute approximate surface area is 95.4 Å². The zero-order valence-corrected chi connectivity index (χ0v) is 10.9. The van der Waals surface area contributed by atoms with Crippen molar-refractivity contribution in [2.45, 2.75) is 71.5 Å². The maximum atomic E-state index is 3.56. The van der Waals surface area contributed by atoms with Crippen LogP contribution in [0.5, 0.6) is 0 Å². The van der Waals surface area contributed by atoms with Gasteiger partial charge in [-0.3, -0.25) is 4.90 Å². The monoisotopic (exact) mass is 212 g/mol. The topological polar surface area (TPSA) is 15.3 Å². The molecule has 15 heavy (non-hydrogen) atoms. The van der Waals surface area contributed by atoms with Crippen LogP contribution in [0.3, 0.4) is 0 Å². The number of nitrogens with one attached hydrogen (secondary N) is 1. The molecule has 90 valence electrons. The lowest BCUT2D eigenvalue weighted by Gasteiger charge is -2.42. The molecule has 2 heteroatoms. The van der Waals surface area contributed by atoms with Gasteiger partial charge >= 0.3 is 0 Å². The molecule has 0 saturated carbocycles. The van der Waals surface area contributed by atoms with Crippen molar-refractivity contribution in [3.63, 3.8) is 0 Å². The molecular formula is C13H28N2. The van der Waals surface area contributed by atoms with E-state index < -0.39 is 0 Å².